The van der Waals surface area contributed by atoms with Gasteiger partial charge in [-0.25, -0.2) is 5.43 Å². The largest absolute Gasteiger partial charge is 0.507 e. The molecule has 1 heterocycles. The SMILES string of the molecule is O=C(N/N=C/c1ccc2c(c1)OCO2)c1cc(Br)ccc1O. The molecule has 0 unspecified atom stereocenters. The van der Waals surface area contributed by atoms with Crippen molar-refractivity contribution in [1.82, 2.24) is 5.43 Å². The van der Waals surface area contributed by atoms with Gasteiger partial charge in [0, 0.05) is 4.47 Å². The number of ether oxygens (including phenoxy) is 2. The highest BCUT2D eigenvalue weighted by Crippen LogP contribution is 2.31. The van der Waals surface area contributed by atoms with E-state index >= 15 is 0 Å². The van der Waals surface area contributed by atoms with Crippen LogP contribution >= 0.6 is 15.9 Å². The number of phenols is 1. The Morgan fingerprint density at radius 1 is 1.23 bits per heavy atom. The minimum Gasteiger partial charge on any atom is -0.507 e. The highest BCUT2D eigenvalue weighted by atomic mass is 79.9. The average molecular weight is 363 g/mol. The molecule has 2 aromatic carbocycles. The van der Waals surface area contributed by atoms with Crippen LogP contribution in [0.1, 0.15) is 15.9 Å². The van der Waals surface area contributed by atoms with Crippen LogP contribution in [0.15, 0.2) is 46.0 Å². The first kappa shape index (κ1) is 14.4. The number of hydrogen-bond acceptors (Lipinski definition) is 5. The van der Waals surface area contributed by atoms with Gasteiger partial charge in [-0.05, 0) is 42.0 Å². The maximum atomic E-state index is 11.9. The Morgan fingerprint density at radius 2 is 2.05 bits per heavy atom. The summed E-state index contributed by atoms with van der Waals surface area (Å²) in [5.74, 6) is 0.704. The van der Waals surface area contributed by atoms with Gasteiger partial charge < -0.3 is 14.6 Å². The average Bonchev–Trinajstić information content (AvgIpc) is 2.97. The lowest BCUT2D eigenvalue weighted by atomic mass is 10.2. The van der Waals surface area contributed by atoms with Crippen LogP contribution in [0.4, 0.5) is 0 Å². The predicted octanol–water partition coefficient (Wildman–Crippen LogP) is 2.65. The van der Waals surface area contributed by atoms with Gasteiger partial charge in [0.05, 0.1) is 11.8 Å². The molecule has 0 saturated carbocycles. The molecule has 3 rings (SSSR count). The van der Waals surface area contributed by atoms with Crippen LogP contribution in [0.5, 0.6) is 17.2 Å². The summed E-state index contributed by atoms with van der Waals surface area (Å²) in [6, 6.07) is 9.91. The fraction of sp³-hybridized carbons (Fsp3) is 0.0667. The summed E-state index contributed by atoms with van der Waals surface area (Å²) in [4.78, 5) is 11.9. The summed E-state index contributed by atoms with van der Waals surface area (Å²) in [7, 11) is 0. The van der Waals surface area contributed by atoms with E-state index in [0.29, 0.717) is 16.0 Å². The second kappa shape index (κ2) is 6.07. The van der Waals surface area contributed by atoms with Gasteiger partial charge in [-0.3, -0.25) is 4.79 Å². The zero-order valence-electron chi connectivity index (χ0n) is 11.2. The van der Waals surface area contributed by atoms with Crippen LogP contribution < -0.4 is 14.9 Å². The van der Waals surface area contributed by atoms with E-state index < -0.39 is 5.91 Å². The smallest absolute Gasteiger partial charge is 0.275 e. The number of fused-ring (bicyclic) bond motifs is 1. The normalized spacial score (nSPS) is 12.6. The van der Waals surface area contributed by atoms with E-state index in [-0.39, 0.29) is 18.1 Å². The highest BCUT2D eigenvalue weighted by Gasteiger charge is 2.13. The summed E-state index contributed by atoms with van der Waals surface area (Å²) >= 11 is 3.24. The van der Waals surface area contributed by atoms with Crippen LogP contribution in [-0.4, -0.2) is 24.0 Å². The summed E-state index contributed by atoms with van der Waals surface area (Å²) < 4.78 is 11.2. The molecule has 1 aliphatic rings. The standard InChI is InChI=1S/C15H11BrN2O4/c16-10-2-3-12(19)11(6-10)15(20)18-17-7-9-1-4-13-14(5-9)22-8-21-13/h1-7,19H,8H2,(H,18,20)/b17-7+. The fourth-order valence-corrected chi connectivity index (χ4v) is 2.27. The van der Waals surface area contributed by atoms with E-state index in [4.69, 9.17) is 9.47 Å². The van der Waals surface area contributed by atoms with Crippen molar-refractivity contribution in [3.8, 4) is 17.2 Å². The molecular formula is C15H11BrN2O4. The molecule has 0 aliphatic carbocycles. The second-order valence-electron chi connectivity index (χ2n) is 4.47. The van der Waals surface area contributed by atoms with Gasteiger partial charge in [-0.1, -0.05) is 15.9 Å². The van der Waals surface area contributed by atoms with Crippen LogP contribution in [0.2, 0.25) is 0 Å². The number of nitrogens with zero attached hydrogens (tertiary/aromatic N) is 1. The molecule has 0 aromatic heterocycles. The number of amides is 1. The summed E-state index contributed by atoms with van der Waals surface area (Å²) in [5, 5.41) is 13.5. The topological polar surface area (TPSA) is 80.2 Å². The third kappa shape index (κ3) is 3.04. The van der Waals surface area contributed by atoms with Gasteiger partial charge in [0.2, 0.25) is 6.79 Å². The Morgan fingerprint density at radius 3 is 2.91 bits per heavy atom. The van der Waals surface area contributed by atoms with E-state index in [2.05, 4.69) is 26.5 Å². The maximum absolute atomic E-state index is 11.9. The van der Waals surface area contributed by atoms with Crippen molar-refractivity contribution in [3.05, 3.63) is 52.0 Å². The predicted molar refractivity (Wildman–Crippen MR) is 83.4 cm³/mol. The van der Waals surface area contributed by atoms with Crippen molar-refractivity contribution in [2.75, 3.05) is 6.79 Å². The molecule has 2 N–H and O–H groups in total. The zero-order chi connectivity index (χ0) is 15.5. The molecule has 2 aromatic rings. The number of rotatable bonds is 3. The minimum atomic E-state index is -0.504. The first-order chi connectivity index (χ1) is 10.6. The van der Waals surface area contributed by atoms with Gasteiger partial charge in [0.1, 0.15) is 5.75 Å². The van der Waals surface area contributed by atoms with E-state index in [1.54, 1.807) is 24.3 Å². The van der Waals surface area contributed by atoms with Crippen LogP contribution in [-0.2, 0) is 0 Å². The quantitative estimate of drug-likeness (QED) is 0.649. The maximum Gasteiger partial charge on any atom is 0.275 e. The highest BCUT2D eigenvalue weighted by molar-refractivity contribution is 9.10. The van der Waals surface area contributed by atoms with Crippen molar-refractivity contribution in [3.63, 3.8) is 0 Å². The number of hydrogen-bond donors (Lipinski definition) is 2. The Labute approximate surface area is 134 Å². The van der Waals surface area contributed by atoms with E-state index in [9.17, 15) is 9.90 Å². The van der Waals surface area contributed by atoms with E-state index in [1.165, 1.54) is 18.3 Å². The third-order valence-electron chi connectivity index (χ3n) is 2.98. The van der Waals surface area contributed by atoms with E-state index in [1.807, 2.05) is 0 Å². The third-order valence-corrected chi connectivity index (χ3v) is 3.47. The van der Waals surface area contributed by atoms with Gasteiger partial charge in [-0.15, -0.1) is 0 Å². The Bertz CT molecular complexity index is 761. The van der Waals surface area contributed by atoms with Crippen molar-refractivity contribution < 1.29 is 19.4 Å². The molecule has 6 nitrogen and oxygen atoms in total. The number of aromatic hydroxyl groups is 1. The Hall–Kier alpha value is -2.54. The molecule has 0 atom stereocenters. The minimum absolute atomic E-state index is 0.112. The number of nitrogens with one attached hydrogen (secondary N) is 1. The molecule has 7 heteroatoms. The number of phenolic OH excluding ortho intramolecular Hbond substituents is 1. The number of carbonyl (C=O) groups excluding carboxylic acids is 1. The molecule has 0 radical (unpaired) electrons. The lowest BCUT2D eigenvalue weighted by Gasteiger charge is -2.03. The van der Waals surface area contributed by atoms with Gasteiger partial charge in [-0.2, -0.15) is 5.10 Å². The lowest BCUT2D eigenvalue weighted by Crippen LogP contribution is -2.17. The van der Waals surface area contributed by atoms with Gasteiger partial charge in [0.15, 0.2) is 11.5 Å². The number of benzene rings is 2. The molecule has 112 valence electrons. The second-order valence-corrected chi connectivity index (χ2v) is 5.39. The lowest BCUT2D eigenvalue weighted by molar-refractivity contribution is 0.0952. The molecular weight excluding hydrogens is 352 g/mol. The number of carbonyl (C=O) groups is 1. The van der Waals surface area contributed by atoms with Crippen molar-refractivity contribution in [2.45, 2.75) is 0 Å². The van der Waals surface area contributed by atoms with Gasteiger partial charge >= 0.3 is 0 Å². The molecule has 0 fully saturated rings. The monoisotopic (exact) mass is 362 g/mol. The van der Waals surface area contributed by atoms with Gasteiger partial charge in [0.25, 0.3) is 5.91 Å². The summed E-state index contributed by atoms with van der Waals surface area (Å²) in [5.41, 5.74) is 3.25. The molecule has 0 saturated heterocycles. The van der Waals surface area contributed by atoms with E-state index in [0.717, 1.165) is 5.56 Å². The number of hydrazone groups is 1. The Kier molecular flexibility index (Phi) is 3.97. The summed E-state index contributed by atoms with van der Waals surface area (Å²) in [6.45, 7) is 0.203. The van der Waals surface area contributed by atoms with Crippen LogP contribution in [0, 0.1) is 0 Å². The zero-order valence-corrected chi connectivity index (χ0v) is 12.8. The molecule has 1 amide bonds. The van der Waals surface area contributed by atoms with Crippen LogP contribution in [0.3, 0.4) is 0 Å². The van der Waals surface area contributed by atoms with Crippen LogP contribution in [0.25, 0.3) is 0 Å². The van der Waals surface area contributed by atoms with Crippen molar-refractivity contribution in [2.24, 2.45) is 5.10 Å². The fourth-order valence-electron chi connectivity index (χ4n) is 1.91. The molecule has 0 spiro atoms. The summed E-state index contributed by atoms with van der Waals surface area (Å²) in [6.07, 6.45) is 1.48. The Balaban J connectivity index is 1.69. The molecule has 1 aliphatic heterocycles. The first-order valence-electron chi connectivity index (χ1n) is 6.35. The van der Waals surface area contributed by atoms with Crippen molar-refractivity contribution in [1.29, 1.82) is 0 Å². The molecule has 0 bridgehead atoms. The van der Waals surface area contributed by atoms with Crippen molar-refractivity contribution >= 4 is 28.1 Å². The number of halogens is 1. The first-order valence-corrected chi connectivity index (χ1v) is 7.14. The molecule has 22 heavy (non-hydrogen) atoms.